The van der Waals surface area contributed by atoms with Crippen molar-refractivity contribution in [2.75, 3.05) is 65.6 Å². The molecule has 6 nitrogen and oxygen atoms in total. The number of benzene rings is 2. The van der Waals surface area contributed by atoms with E-state index in [1.807, 2.05) is 0 Å². The molecule has 0 aliphatic carbocycles. The third-order valence-electron chi connectivity index (χ3n) is 12.3. The SMILES string of the molecule is CCCCCCCOC(=O)C[N+]1(C/C=C(\C)Cc2ccc(-c3ccc(C/C(C)=C/C[N+]4(CC(=O)OCCCCCCC)CCCCC4)cc3)cc2)CCCCC1.[Cl-].[Cl-]. The average Bonchev–Trinajstić information content (AvgIpc) is 3.20. The summed E-state index contributed by atoms with van der Waals surface area (Å²) < 4.78 is 13.1. The maximum atomic E-state index is 12.9. The second-order valence-electron chi connectivity index (χ2n) is 17.5. The fourth-order valence-corrected chi connectivity index (χ4v) is 8.72. The second-order valence-corrected chi connectivity index (χ2v) is 17.5. The van der Waals surface area contributed by atoms with Crippen molar-refractivity contribution in [2.24, 2.45) is 0 Å². The standard InChI is InChI=1S/C50H78N2O4.2ClH/c1-5-7-9-11-19-37-55-49(53)41-51(31-15-13-16-32-51)35-29-43(3)39-45-21-25-47(26-22-45)48-27-23-46(24-28-48)40-44(4)30-36-52(33-17-14-18-34-52)42-50(54)56-38-20-12-10-8-6-2;;/h21-30H,5-20,31-42H2,1-4H3;2*1H/q+2;;/p-2/b43-29+,44-30+;;. The quantitative estimate of drug-likeness (QED) is 0.0585. The summed E-state index contributed by atoms with van der Waals surface area (Å²) in [5, 5.41) is 0. The Balaban J connectivity index is 0.00000580. The van der Waals surface area contributed by atoms with Gasteiger partial charge in [0, 0.05) is 0 Å². The van der Waals surface area contributed by atoms with E-state index in [1.54, 1.807) is 0 Å². The Morgan fingerprint density at radius 3 is 1.21 bits per heavy atom. The van der Waals surface area contributed by atoms with Crippen LogP contribution in [0.1, 0.15) is 142 Å². The zero-order valence-corrected chi connectivity index (χ0v) is 38.4. The van der Waals surface area contributed by atoms with Crippen LogP contribution in [-0.4, -0.2) is 86.5 Å². The molecule has 58 heavy (non-hydrogen) atoms. The Morgan fingerprint density at radius 2 is 0.862 bits per heavy atom. The van der Waals surface area contributed by atoms with Crippen molar-refractivity contribution in [3.63, 3.8) is 0 Å². The van der Waals surface area contributed by atoms with E-state index >= 15 is 0 Å². The zero-order chi connectivity index (χ0) is 39.9. The van der Waals surface area contributed by atoms with Gasteiger partial charge in [-0.25, -0.2) is 9.59 Å². The first-order valence-electron chi connectivity index (χ1n) is 22.7. The van der Waals surface area contributed by atoms with E-state index in [2.05, 4.69) is 88.4 Å². The number of unbranched alkanes of at least 4 members (excludes halogenated alkanes) is 8. The smallest absolute Gasteiger partial charge is 0.361 e. The summed E-state index contributed by atoms with van der Waals surface area (Å²) in [6.45, 7) is 17.1. The second kappa shape index (κ2) is 28.8. The minimum atomic E-state index is -0.0233. The summed E-state index contributed by atoms with van der Waals surface area (Å²) in [6.07, 6.45) is 25.6. The maximum Gasteiger partial charge on any atom is 0.361 e. The van der Waals surface area contributed by atoms with Gasteiger partial charge in [-0.15, -0.1) is 0 Å². The average molecular weight is 842 g/mol. The normalized spacial score (nSPS) is 16.5. The maximum absolute atomic E-state index is 12.9. The van der Waals surface area contributed by atoms with Gasteiger partial charge in [-0.05, 0) is 112 Å². The first-order valence-corrected chi connectivity index (χ1v) is 22.7. The molecule has 0 unspecified atom stereocenters. The van der Waals surface area contributed by atoms with Gasteiger partial charge in [0.05, 0.1) is 52.5 Å². The predicted octanol–water partition coefficient (Wildman–Crippen LogP) is 5.37. The van der Waals surface area contributed by atoms with Crippen LogP contribution < -0.4 is 24.8 Å². The highest BCUT2D eigenvalue weighted by Crippen LogP contribution is 2.25. The van der Waals surface area contributed by atoms with Crippen LogP contribution in [0.4, 0.5) is 0 Å². The third kappa shape index (κ3) is 19.2. The number of likely N-dealkylation sites (tertiary alicyclic amines) is 2. The van der Waals surface area contributed by atoms with Crippen molar-refractivity contribution in [1.82, 2.24) is 0 Å². The minimum absolute atomic E-state index is 0. The van der Waals surface area contributed by atoms with E-state index in [0.717, 1.165) is 86.8 Å². The molecule has 0 spiro atoms. The molecule has 2 aliphatic rings. The molecule has 0 bridgehead atoms. The van der Waals surface area contributed by atoms with E-state index in [-0.39, 0.29) is 36.8 Å². The summed E-state index contributed by atoms with van der Waals surface area (Å²) in [5.74, 6) is -0.0466. The third-order valence-corrected chi connectivity index (χ3v) is 12.3. The molecular formula is C50H78Cl2N2O4. The van der Waals surface area contributed by atoms with Gasteiger partial charge in [0.25, 0.3) is 0 Å². The summed E-state index contributed by atoms with van der Waals surface area (Å²) >= 11 is 0. The molecule has 2 fully saturated rings. The number of allylic oxidation sites excluding steroid dienone is 2. The lowest BCUT2D eigenvalue weighted by atomic mass is 9.98. The fraction of sp³-hybridized carbons (Fsp3) is 0.640. The molecular weight excluding hydrogens is 763 g/mol. The first kappa shape index (κ1) is 51.5. The fourth-order valence-electron chi connectivity index (χ4n) is 8.72. The Morgan fingerprint density at radius 1 is 0.517 bits per heavy atom. The lowest BCUT2D eigenvalue weighted by Gasteiger charge is -2.40. The number of carbonyl (C=O) groups is 2. The molecule has 0 radical (unpaired) electrons. The number of esters is 2. The molecule has 0 saturated carbocycles. The van der Waals surface area contributed by atoms with Crippen LogP contribution in [0.3, 0.4) is 0 Å². The number of rotatable bonds is 25. The number of halogens is 2. The predicted molar refractivity (Wildman–Crippen MR) is 233 cm³/mol. The largest absolute Gasteiger partial charge is 1.00 e. The minimum Gasteiger partial charge on any atom is -1.00 e. The van der Waals surface area contributed by atoms with Gasteiger partial charge in [-0.1, -0.05) is 125 Å². The van der Waals surface area contributed by atoms with E-state index < -0.39 is 0 Å². The topological polar surface area (TPSA) is 52.6 Å². The summed E-state index contributed by atoms with van der Waals surface area (Å²) in [5.41, 5.74) is 7.83. The van der Waals surface area contributed by atoms with E-state index in [4.69, 9.17) is 9.47 Å². The van der Waals surface area contributed by atoms with Crippen molar-refractivity contribution in [3.8, 4) is 11.1 Å². The van der Waals surface area contributed by atoms with Gasteiger partial charge < -0.3 is 43.3 Å². The van der Waals surface area contributed by atoms with Crippen molar-refractivity contribution >= 4 is 11.9 Å². The van der Waals surface area contributed by atoms with Crippen LogP contribution >= 0.6 is 0 Å². The number of carbonyl (C=O) groups excluding carboxylic acids is 2. The van der Waals surface area contributed by atoms with E-state index in [9.17, 15) is 9.59 Å². The molecule has 2 heterocycles. The number of quaternary nitrogens is 2. The number of nitrogens with zero attached hydrogens (tertiary/aromatic N) is 2. The van der Waals surface area contributed by atoms with Crippen molar-refractivity contribution in [3.05, 3.63) is 83.0 Å². The molecule has 0 N–H and O–H groups in total. The summed E-state index contributed by atoms with van der Waals surface area (Å²) in [6, 6.07) is 18.0. The van der Waals surface area contributed by atoms with Gasteiger partial charge >= 0.3 is 11.9 Å². The van der Waals surface area contributed by atoms with Crippen molar-refractivity contribution < 1.29 is 52.8 Å². The van der Waals surface area contributed by atoms with Crippen LogP contribution in [0, 0.1) is 0 Å². The molecule has 2 aromatic rings. The highest BCUT2D eigenvalue weighted by atomic mass is 35.5. The van der Waals surface area contributed by atoms with Gasteiger partial charge in [0.2, 0.25) is 0 Å². The monoisotopic (exact) mass is 841 g/mol. The van der Waals surface area contributed by atoms with Crippen LogP contribution in [0.15, 0.2) is 71.8 Å². The summed E-state index contributed by atoms with van der Waals surface area (Å²) in [4.78, 5) is 25.7. The molecule has 2 saturated heterocycles. The number of hydrogen-bond donors (Lipinski definition) is 0. The van der Waals surface area contributed by atoms with Crippen molar-refractivity contribution in [1.29, 1.82) is 0 Å². The first-order chi connectivity index (χ1) is 27.2. The molecule has 0 atom stereocenters. The highest BCUT2D eigenvalue weighted by molar-refractivity contribution is 5.71. The van der Waals surface area contributed by atoms with Gasteiger partial charge in [-0.3, -0.25) is 0 Å². The van der Waals surface area contributed by atoms with Crippen molar-refractivity contribution in [2.45, 2.75) is 143 Å². The van der Waals surface area contributed by atoms with Crippen LogP contribution in [0.2, 0.25) is 0 Å². The Hall–Kier alpha value is -2.64. The van der Waals surface area contributed by atoms with E-state index in [1.165, 1.54) is 110 Å². The van der Waals surface area contributed by atoms with Gasteiger partial charge in [-0.2, -0.15) is 0 Å². The molecule has 326 valence electrons. The number of hydrogen-bond acceptors (Lipinski definition) is 4. The van der Waals surface area contributed by atoms with Crippen LogP contribution in [0.25, 0.3) is 11.1 Å². The van der Waals surface area contributed by atoms with Gasteiger partial charge in [0.15, 0.2) is 13.1 Å². The molecule has 4 rings (SSSR count). The number of ether oxygens (including phenoxy) is 2. The zero-order valence-electron chi connectivity index (χ0n) is 36.9. The Kier molecular flexibility index (Phi) is 25.5. The van der Waals surface area contributed by atoms with Crippen LogP contribution in [0.5, 0.6) is 0 Å². The number of piperidine rings is 2. The lowest BCUT2D eigenvalue weighted by Crippen LogP contribution is -3.00. The molecule has 2 aliphatic heterocycles. The molecule has 0 amide bonds. The lowest BCUT2D eigenvalue weighted by molar-refractivity contribution is -0.920. The summed E-state index contributed by atoms with van der Waals surface area (Å²) in [7, 11) is 0. The highest BCUT2D eigenvalue weighted by Gasteiger charge is 2.33. The molecule has 2 aromatic carbocycles. The molecule has 0 aromatic heterocycles. The molecule has 8 heteroatoms. The Labute approximate surface area is 366 Å². The van der Waals surface area contributed by atoms with Crippen LogP contribution in [-0.2, 0) is 31.9 Å². The Bertz CT molecular complexity index is 1380. The van der Waals surface area contributed by atoms with E-state index in [0.29, 0.717) is 26.3 Å². The van der Waals surface area contributed by atoms with Gasteiger partial charge in [0.1, 0.15) is 0 Å².